The average molecular weight is 287 g/mol. The highest BCUT2D eigenvalue weighted by atomic mass is 14.1. The van der Waals surface area contributed by atoms with Crippen LogP contribution in [0.4, 0.5) is 0 Å². The van der Waals surface area contributed by atoms with E-state index in [-0.39, 0.29) is 0 Å². The molecule has 0 unspecified atom stereocenters. The molecular weight excluding hydrogens is 252 g/mol. The van der Waals surface area contributed by atoms with Crippen LogP contribution in [0.3, 0.4) is 0 Å². The van der Waals surface area contributed by atoms with E-state index in [1.54, 1.807) is 11.1 Å². The molecule has 0 aromatic heterocycles. The van der Waals surface area contributed by atoms with E-state index >= 15 is 0 Å². The van der Waals surface area contributed by atoms with Crippen molar-refractivity contribution < 1.29 is 0 Å². The van der Waals surface area contributed by atoms with Gasteiger partial charge in [-0.25, -0.2) is 0 Å². The largest absolute Gasteiger partial charge is 0.0620 e. The fourth-order valence-corrected chi connectivity index (χ4v) is 3.62. The van der Waals surface area contributed by atoms with Gasteiger partial charge in [-0.05, 0) is 36.8 Å². The molecule has 0 aliphatic heterocycles. The molecule has 0 amide bonds. The minimum absolute atomic E-state index is 1.30. The van der Waals surface area contributed by atoms with Crippen LogP contribution in [0.1, 0.15) is 94.6 Å². The van der Waals surface area contributed by atoms with Crippen LogP contribution in [0.5, 0.6) is 0 Å². The summed E-state index contributed by atoms with van der Waals surface area (Å²) in [6.45, 7) is 0. The van der Waals surface area contributed by atoms with Crippen LogP contribution in [0.25, 0.3) is 0 Å². The Morgan fingerprint density at radius 2 is 0.667 bits per heavy atom. The summed E-state index contributed by atoms with van der Waals surface area (Å²) in [7, 11) is 0. The topological polar surface area (TPSA) is 0 Å². The first kappa shape index (κ1) is 16.6. The third-order valence-corrected chi connectivity index (χ3v) is 5.01. The van der Waals surface area contributed by atoms with Crippen molar-refractivity contribution in [3.05, 3.63) is 35.4 Å². The summed E-state index contributed by atoms with van der Waals surface area (Å²) in [5, 5.41) is 0. The number of fused-ring (bicyclic) bond motifs is 1. The number of benzene rings is 1. The number of hydrogen-bond donors (Lipinski definition) is 0. The minimum atomic E-state index is 1.30. The van der Waals surface area contributed by atoms with E-state index < -0.39 is 0 Å². The summed E-state index contributed by atoms with van der Waals surface area (Å²) in [5.41, 5.74) is 3.16. The monoisotopic (exact) mass is 286 g/mol. The van der Waals surface area contributed by atoms with Gasteiger partial charge in [0.2, 0.25) is 0 Å². The Morgan fingerprint density at radius 1 is 0.381 bits per heavy atom. The molecule has 0 saturated heterocycles. The molecule has 0 heterocycles. The van der Waals surface area contributed by atoms with Crippen LogP contribution in [0.15, 0.2) is 24.3 Å². The molecule has 21 heavy (non-hydrogen) atoms. The summed E-state index contributed by atoms with van der Waals surface area (Å²) in [5.74, 6) is 0. The van der Waals surface area contributed by atoms with Crippen LogP contribution in [0.2, 0.25) is 0 Å². The van der Waals surface area contributed by atoms with E-state index in [1.807, 2.05) is 0 Å². The second kappa shape index (κ2) is 10.9. The zero-order valence-corrected chi connectivity index (χ0v) is 13.9. The van der Waals surface area contributed by atoms with E-state index in [2.05, 4.69) is 24.3 Å². The second-order valence-electron chi connectivity index (χ2n) is 6.86. The van der Waals surface area contributed by atoms with Gasteiger partial charge in [0, 0.05) is 0 Å². The average Bonchev–Trinajstić information content (AvgIpc) is 3.17. The fraction of sp³-hybridized carbons (Fsp3) is 0.714. The zero-order valence-electron chi connectivity index (χ0n) is 13.9. The molecule has 0 N–H and O–H groups in total. The molecule has 2 saturated carbocycles. The van der Waals surface area contributed by atoms with Gasteiger partial charge in [0.05, 0.1) is 0 Å². The standard InChI is InChI=1S/C10H12.C6H12.C5H10/c1-2-6-10-8-4-3-7-9(10)5-1;1-2-4-6-5-3-1;1-2-4-5-3-1/h1-2,5-6H,3-4,7-8H2;1-6H2;1-5H2. The van der Waals surface area contributed by atoms with Gasteiger partial charge in [0.15, 0.2) is 0 Å². The molecule has 3 aliphatic carbocycles. The van der Waals surface area contributed by atoms with Gasteiger partial charge in [-0.3, -0.25) is 0 Å². The molecule has 2 fully saturated rings. The van der Waals surface area contributed by atoms with Crippen LogP contribution in [0, 0.1) is 0 Å². The van der Waals surface area contributed by atoms with Crippen LogP contribution in [-0.2, 0) is 12.8 Å². The summed E-state index contributed by atoms with van der Waals surface area (Å²) < 4.78 is 0. The molecule has 0 bridgehead atoms. The lowest BCUT2D eigenvalue weighted by Gasteiger charge is -2.13. The molecule has 0 nitrogen and oxygen atoms in total. The first-order valence-electron chi connectivity index (χ1n) is 9.53. The van der Waals surface area contributed by atoms with E-state index in [0.29, 0.717) is 0 Å². The van der Waals surface area contributed by atoms with Crippen LogP contribution < -0.4 is 0 Å². The van der Waals surface area contributed by atoms with E-state index in [0.717, 1.165) is 0 Å². The summed E-state index contributed by atoms with van der Waals surface area (Å²) in [4.78, 5) is 0. The summed E-state index contributed by atoms with van der Waals surface area (Å²) >= 11 is 0. The second-order valence-corrected chi connectivity index (χ2v) is 6.86. The third kappa shape index (κ3) is 7.16. The maximum absolute atomic E-state index is 2.26. The molecule has 0 heteroatoms. The van der Waals surface area contributed by atoms with E-state index in [9.17, 15) is 0 Å². The lowest BCUT2D eigenvalue weighted by atomic mass is 9.92. The SMILES string of the molecule is C1CCCC1.C1CCCCC1.c1ccc2c(c1)CCCC2. The Balaban J connectivity index is 0.000000126. The molecule has 4 rings (SSSR count). The molecule has 118 valence electrons. The number of aryl methyl sites for hydroxylation is 2. The normalized spacial score (nSPS) is 20.4. The van der Waals surface area contributed by atoms with Crippen molar-refractivity contribution in [3.63, 3.8) is 0 Å². The van der Waals surface area contributed by atoms with Crippen molar-refractivity contribution >= 4 is 0 Å². The fourth-order valence-electron chi connectivity index (χ4n) is 3.62. The van der Waals surface area contributed by atoms with Gasteiger partial charge in [-0.1, -0.05) is 94.9 Å². The van der Waals surface area contributed by atoms with Crippen LogP contribution in [-0.4, -0.2) is 0 Å². The Bertz CT molecular complexity index is 314. The molecule has 1 aromatic rings. The quantitative estimate of drug-likeness (QED) is 0.489. The van der Waals surface area contributed by atoms with Gasteiger partial charge in [0.1, 0.15) is 0 Å². The smallest absolute Gasteiger partial charge is 0.0276 e. The summed E-state index contributed by atoms with van der Waals surface area (Å²) in [6.07, 6.45) is 21.9. The number of hydrogen-bond acceptors (Lipinski definition) is 0. The maximum Gasteiger partial charge on any atom is -0.0276 e. The highest BCUT2D eigenvalue weighted by Gasteiger charge is 2.06. The lowest BCUT2D eigenvalue weighted by Crippen LogP contribution is -2.00. The van der Waals surface area contributed by atoms with Crippen molar-refractivity contribution in [2.45, 2.75) is 96.3 Å². The number of rotatable bonds is 0. The Morgan fingerprint density at radius 3 is 0.952 bits per heavy atom. The molecule has 0 radical (unpaired) electrons. The van der Waals surface area contributed by atoms with E-state index in [4.69, 9.17) is 0 Å². The Hall–Kier alpha value is -0.780. The Kier molecular flexibility index (Phi) is 8.59. The predicted octanol–water partition coefficient (Wildman–Crippen LogP) is 6.86. The lowest BCUT2D eigenvalue weighted by molar-refractivity contribution is 0.504. The molecule has 0 atom stereocenters. The predicted molar refractivity (Wildman–Crippen MR) is 93.9 cm³/mol. The van der Waals surface area contributed by atoms with Crippen molar-refractivity contribution in [2.24, 2.45) is 0 Å². The third-order valence-electron chi connectivity index (χ3n) is 5.01. The maximum atomic E-state index is 2.26. The van der Waals surface area contributed by atoms with Crippen molar-refractivity contribution in [3.8, 4) is 0 Å². The molecule has 3 aliphatic rings. The Labute approximate surface area is 132 Å². The first-order chi connectivity index (χ1) is 10.5. The van der Waals surface area contributed by atoms with Gasteiger partial charge in [0.25, 0.3) is 0 Å². The molecule has 0 spiro atoms. The van der Waals surface area contributed by atoms with Gasteiger partial charge in [-0.15, -0.1) is 0 Å². The van der Waals surface area contributed by atoms with Crippen molar-refractivity contribution in [2.75, 3.05) is 0 Å². The zero-order chi connectivity index (χ0) is 14.6. The van der Waals surface area contributed by atoms with Crippen molar-refractivity contribution in [1.29, 1.82) is 0 Å². The van der Waals surface area contributed by atoms with Crippen molar-refractivity contribution in [1.82, 2.24) is 0 Å². The van der Waals surface area contributed by atoms with Crippen LogP contribution >= 0.6 is 0 Å². The summed E-state index contributed by atoms with van der Waals surface area (Å²) in [6, 6.07) is 8.80. The highest BCUT2D eigenvalue weighted by molar-refractivity contribution is 5.28. The molecule has 1 aromatic carbocycles. The van der Waals surface area contributed by atoms with Gasteiger partial charge >= 0.3 is 0 Å². The molecular formula is C21H34. The van der Waals surface area contributed by atoms with E-state index in [1.165, 1.54) is 96.3 Å². The highest BCUT2D eigenvalue weighted by Crippen LogP contribution is 2.19. The van der Waals surface area contributed by atoms with Gasteiger partial charge in [-0.2, -0.15) is 0 Å². The van der Waals surface area contributed by atoms with Gasteiger partial charge < -0.3 is 0 Å². The minimum Gasteiger partial charge on any atom is -0.0620 e. The first-order valence-corrected chi connectivity index (χ1v) is 9.53.